The summed E-state index contributed by atoms with van der Waals surface area (Å²) in [6, 6.07) is 15.0. The van der Waals surface area contributed by atoms with Crippen LogP contribution in [0, 0.1) is 6.92 Å². The number of rotatable bonds is 7. The fraction of sp³-hybridized carbons (Fsp3) is 0.250. The molecule has 0 aliphatic carbocycles. The molecule has 10 nitrogen and oxygen atoms in total. The van der Waals surface area contributed by atoms with Gasteiger partial charge in [-0.15, -0.1) is 5.10 Å². The van der Waals surface area contributed by atoms with Gasteiger partial charge in [-0.1, -0.05) is 12.1 Å². The molecule has 2 N–H and O–H groups in total. The molecule has 1 aromatic carbocycles. The molecule has 2 amide bonds. The summed E-state index contributed by atoms with van der Waals surface area (Å²) >= 11 is 0. The maximum atomic E-state index is 12.5. The van der Waals surface area contributed by atoms with E-state index in [4.69, 9.17) is 9.72 Å². The predicted molar refractivity (Wildman–Crippen MR) is 144 cm³/mol. The lowest BCUT2D eigenvalue weighted by Gasteiger charge is -2.25. The number of aromatic nitrogens is 4. The first-order chi connectivity index (χ1) is 18.5. The summed E-state index contributed by atoms with van der Waals surface area (Å²) in [4.78, 5) is 35.2. The van der Waals surface area contributed by atoms with Crippen LogP contribution in [0.3, 0.4) is 0 Å². The first-order valence-corrected chi connectivity index (χ1v) is 12.5. The van der Waals surface area contributed by atoms with Gasteiger partial charge < -0.3 is 20.3 Å². The summed E-state index contributed by atoms with van der Waals surface area (Å²) in [7, 11) is 0. The number of ether oxygens (including phenoxy) is 1. The molecule has 38 heavy (non-hydrogen) atoms. The standard InChI is InChI=1S/C28H29N7O3/c1-3-38-28(37)34-15-12-21(13-16-34)24-5-4-14-35-25(24)32-27(33-35)31-23-10-8-22(9-11-23)26(36)30-18-20-7-6-19(2)29-17-20/h4-12,14,17H,3,13,15-16,18H2,1-2H3,(H,30,36)(H,31,33). The molecule has 0 fully saturated rings. The van der Waals surface area contributed by atoms with Crippen LogP contribution in [0.4, 0.5) is 16.4 Å². The van der Waals surface area contributed by atoms with Gasteiger partial charge in [0.2, 0.25) is 5.95 Å². The second kappa shape index (κ2) is 11.1. The zero-order valence-electron chi connectivity index (χ0n) is 21.3. The summed E-state index contributed by atoms with van der Waals surface area (Å²) in [6.45, 7) is 5.59. The van der Waals surface area contributed by atoms with Gasteiger partial charge in [0.15, 0.2) is 5.65 Å². The van der Waals surface area contributed by atoms with Crippen LogP contribution in [0.15, 0.2) is 67.0 Å². The van der Waals surface area contributed by atoms with Gasteiger partial charge in [0.25, 0.3) is 5.91 Å². The Morgan fingerprint density at radius 2 is 1.95 bits per heavy atom. The van der Waals surface area contributed by atoms with E-state index in [0.717, 1.165) is 33.7 Å². The van der Waals surface area contributed by atoms with E-state index in [-0.39, 0.29) is 12.0 Å². The molecule has 0 spiro atoms. The lowest BCUT2D eigenvalue weighted by Crippen LogP contribution is -2.35. The molecule has 0 radical (unpaired) electrons. The number of pyridine rings is 2. The van der Waals surface area contributed by atoms with Gasteiger partial charge in [0.1, 0.15) is 0 Å². The van der Waals surface area contributed by atoms with E-state index in [9.17, 15) is 9.59 Å². The molecular weight excluding hydrogens is 482 g/mol. The molecule has 0 atom stereocenters. The summed E-state index contributed by atoms with van der Waals surface area (Å²) in [5.74, 6) is 0.293. The maximum absolute atomic E-state index is 12.5. The van der Waals surface area contributed by atoms with E-state index in [0.29, 0.717) is 44.2 Å². The first-order valence-electron chi connectivity index (χ1n) is 12.5. The Balaban J connectivity index is 1.24. The fourth-order valence-corrected chi connectivity index (χ4v) is 4.23. The normalized spacial score (nSPS) is 13.2. The molecule has 0 saturated heterocycles. The molecule has 0 bridgehead atoms. The molecule has 4 aromatic rings. The largest absolute Gasteiger partial charge is 0.450 e. The highest BCUT2D eigenvalue weighted by Gasteiger charge is 2.20. The molecule has 10 heteroatoms. The topological polar surface area (TPSA) is 114 Å². The highest BCUT2D eigenvalue weighted by Crippen LogP contribution is 2.26. The third-order valence-corrected chi connectivity index (χ3v) is 6.27. The number of fused-ring (bicyclic) bond motifs is 1. The number of carbonyl (C=O) groups is 2. The van der Waals surface area contributed by atoms with Gasteiger partial charge in [-0.2, -0.15) is 4.98 Å². The molecule has 0 unspecified atom stereocenters. The van der Waals surface area contributed by atoms with Crippen molar-refractivity contribution < 1.29 is 14.3 Å². The van der Waals surface area contributed by atoms with E-state index >= 15 is 0 Å². The lowest BCUT2D eigenvalue weighted by atomic mass is 10.0. The van der Waals surface area contributed by atoms with Gasteiger partial charge >= 0.3 is 6.09 Å². The Hall–Kier alpha value is -4.73. The van der Waals surface area contributed by atoms with Crippen molar-refractivity contribution in [3.63, 3.8) is 0 Å². The van der Waals surface area contributed by atoms with Crippen molar-refractivity contribution in [3.8, 4) is 0 Å². The number of hydrogen-bond donors (Lipinski definition) is 2. The number of nitrogens with one attached hydrogen (secondary N) is 2. The van der Waals surface area contributed by atoms with Crippen LogP contribution in [0.2, 0.25) is 0 Å². The average Bonchev–Trinajstić information content (AvgIpc) is 3.36. The van der Waals surface area contributed by atoms with Gasteiger partial charge in [-0.25, -0.2) is 9.31 Å². The quantitative estimate of drug-likeness (QED) is 0.379. The predicted octanol–water partition coefficient (Wildman–Crippen LogP) is 4.35. The SMILES string of the molecule is CCOC(=O)N1CC=C(c2cccn3nc(Nc4ccc(C(=O)NCc5ccc(C)nc5)cc4)nc23)CC1. The molecule has 1 aliphatic rings. The van der Waals surface area contributed by atoms with Crippen LogP contribution in [0.5, 0.6) is 0 Å². The van der Waals surface area contributed by atoms with Crippen LogP contribution < -0.4 is 10.6 Å². The van der Waals surface area contributed by atoms with Crippen molar-refractivity contribution in [2.45, 2.75) is 26.8 Å². The van der Waals surface area contributed by atoms with Crippen LogP contribution in [0.1, 0.15) is 40.5 Å². The van der Waals surface area contributed by atoms with Crippen molar-refractivity contribution in [2.24, 2.45) is 0 Å². The summed E-state index contributed by atoms with van der Waals surface area (Å²) in [5.41, 5.74) is 6.03. The number of benzene rings is 1. The fourth-order valence-electron chi connectivity index (χ4n) is 4.23. The lowest BCUT2D eigenvalue weighted by molar-refractivity contribution is 0.0950. The maximum Gasteiger partial charge on any atom is 0.410 e. The molecule has 3 aromatic heterocycles. The summed E-state index contributed by atoms with van der Waals surface area (Å²) < 4.78 is 6.84. The van der Waals surface area contributed by atoms with Crippen LogP contribution in [0.25, 0.3) is 11.2 Å². The van der Waals surface area contributed by atoms with Crippen LogP contribution in [-0.4, -0.2) is 56.2 Å². The molecule has 5 rings (SSSR count). The van der Waals surface area contributed by atoms with Gasteiger partial charge in [0.05, 0.1) is 6.61 Å². The zero-order valence-corrected chi connectivity index (χ0v) is 21.3. The molecule has 1 aliphatic heterocycles. The summed E-state index contributed by atoms with van der Waals surface area (Å²) in [5, 5.41) is 10.7. The molecular formula is C28H29N7O3. The third-order valence-electron chi connectivity index (χ3n) is 6.27. The highest BCUT2D eigenvalue weighted by molar-refractivity contribution is 5.94. The van der Waals surface area contributed by atoms with E-state index in [1.54, 1.807) is 34.7 Å². The summed E-state index contributed by atoms with van der Waals surface area (Å²) in [6.07, 6.45) is 6.07. The Kier molecular flexibility index (Phi) is 7.30. The van der Waals surface area contributed by atoms with Crippen molar-refractivity contribution in [1.82, 2.24) is 29.8 Å². The van der Waals surface area contributed by atoms with Crippen LogP contribution in [-0.2, 0) is 11.3 Å². The monoisotopic (exact) mass is 511 g/mol. The van der Waals surface area contributed by atoms with Crippen molar-refractivity contribution in [2.75, 3.05) is 25.0 Å². The van der Waals surface area contributed by atoms with Crippen molar-refractivity contribution >= 4 is 34.9 Å². The average molecular weight is 512 g/mol. The molecule has 194 valence electrons. The second-order valence-electron chi connectivity index (χ2n) is 8.94. The van der Waals surface area contributed by atoms with E-state index < -0.39 is 0 Å². The minimum atomic E-state index is -0.290. The van der Waals surface area contributed by atoms with Gasteiger partial charge in [-0.05, 0) is 73.9 Å². The molecule has 0 saturated carbocycles. The van der Waals surface area contributed by atoms with Crippen LogP contribution >= 0.6 is 0 Å². The smallest absolute Gasteiger partial charge is 0.410 e. The Labute approximate surface area is 220 Å². The van der Waals surface area contributed by atoms with E-state index in [1.807, 2.05) is 55.6 Å². The molecule has 4 heterocycles. The number of anilines is 2. The third kappa shape index (κ3) is 5.64. The minimum Gasteiger partial charge on any atom is -0.450 e. The first kappa shape index (κ1) is 24.9. The van der Waals surface area contributed by atoms with Crippen molar-refractivity contribution in [1.29, 1.82) is 0 Å². The van der Waals surface area contributed by atoms with Gasteiger partial charge in [0, 0.05) is 54.5 Å². The number of nitrogens with zero attached hydrogens (tertiary/aromatic N) is 5. The van der Waals surface area contributed by atoms with Crippen molar-refractivity contribution in [3.05, 3.63) is 89.4 Å². The Bertz CT molecular complexity index is 1480. The number of hydrogen-bond acceptors (Lipinski definition) is 7. The van der Waals surface area contributed by atoms with E-state index in [1.165, 1.54) is 0 Å². The Morgan fingerprint density at radius 3 is 2.66 bits per heavy atom. The second-order valence-corrected chi connectivity index (χ2v) is 8.94. The van der Waals surface area contributed by atoms with Gasteiger partial charge in [-0.3, -0.25) is 9.78 Å². The number of amides is 2. The zero-order chi connectivity index (χ0) is 26.5. The Morgan fingerprint density at radius 1 is 1.11 bits per heavy atom. The highest BCUT2D eigenvalue weighted by atomic mass is 16.6. The van der Waals surface area contributed by atoms with E-state index in [2.05, 4.69) is 20.7 Å². The number of carbonyl (C=O) groups excluding carboxylic acids is 2. The number of aryl methyl sites for hydroxylation is 1. The minimum absolute atomic E-state index is 0.157.